The van der Waals surface area contributed by atoms with E-state index in [2.05, 4.69) is 4.98 Å². The summed E-state index contributed by atoms with van der Waals surface area (Å²) in [7, 11) is 0. The van der Waals surface area contributed by atoms with Gasteiger partial charge in [-0.15, -0.1) is 24.0 Å². The Morgan fingerprint density at radius 1 is 1.53 bits per heavy atom. The standard InChI is InChI=1S/C9H9ClF3NO2.ClH/c1-2-5-7(16)6(15)4(3-14-5)8(10)9(11,12)13;/h3,8,16H,2H2,1H3,(H,14,15);1H. The predicted molar refractivity (Wildman–Crippen MR) is 60.0 cm³/mol. The molecule has 98 valence electrons. The van der Waals surface area contributed by atoms with Crippen LogP contribution in [0.1, 0.15) is 23.6 Å². The summed E-state index contributed by atoms with van der Waals surface area (Å²) in [5.74, 6) is -0.713. The fourth-order valence-electron chi connectivity index (χ4n) is 1.21. The van der Waals surface area contributed by atoms with Gasteiger partial charge < -0.3 is 10.1 Å². The van der Waals surface area contributed by atoms with Crippen LogP contribution in [0, 0.1) is 0 Å². The van der Waals surface area contributed by atoms with Gasteiger partial charge in [0.15, 0.2) is 11.1 Å². The topological polar surface area (TPSA) is 53.1 Å². The Kier molecular flexibility index (Phi) is 5.35. The lowest BCUT2D eigenvalue weighted by Gasteiger charge is -2.13. The number of hydrogen-bond donors (Lipinski definition) is 2. The molecule has 0 spiro atoms. The number of hydrogen-bond acceptors (Lipinski definition) is 2. The Morgan fingerprint density at radius 3 is 2.47 bits per heavy atom. The smallest absolute Gasteiger partial charge is 0.409 e. The summed E-state index contributed by atoms with van der Waals surface area (Å²) in [4.78, 5) is 13.8. The molecular weight excluding hydrogens is 282 g/mol. The molecule has 1 unspecified atom stereocenters. The number of aromatic nitrogens is 1. The molecule has 1 aromatic rings. The second-order valence-corrected chi connectivity index (χ2v) is 3.59. The van der Waals surface area contributed by atoms with E-state index in [-0.39, 0.29) is 18.1 Å². The highest BCUT2D eigenvalue weighted by molar-refractivity contribution is 6.21. The molecule has 0 radical (unpaired) electrons. The van der Waals surface area contributed by atoms with Crippen LogP contribution in [0.4, 0.5) is 13.2 Å². The summed E-state index contributed by atoms with van der Waals surface area (Å²) in [6.07, 6.45) is -3.54. The second kappa shape index (κ2) is 5.64. The monoisotopic (exact) mass is 291 g/mol. The molecule has 17 heavy (non-hydrogen) atoms. The normalized spacial score (nSPS) is 13.0. The van der Waals surface area contributed by atoms with Crippen molar-refractivity contribution in [3.8, 4) is 5.75 Å². The molecule has 8 heteroatoms. The number of aromatic amines is 1. The number of halogens is 5. The lowest BCUT2D eigenvalue weighted by molar-refractivity contribution is -0.131. The van der Waals surface area contributed by atoms with Gasteiger partial charge in [0, 0.05) is 11.8 Å². The van der Waals surface area contributed by atoms with Crippen molar-refractivity contribution in [3.05, 3.63) is 27.7 Å². The van der Waals surface area contributed by atoms with Crippen molar-refractivity contribution >= 4 is 24.0 Å². The van der Waals surface area contributed by atoms with Crippen LogP contribution in [0.5, 0.6) is 5.75 Å². The highest BCUT2D eigenvalue weighted by Gasteiger charge is 2.41. The van der Waals surface area contributed by atoms with E-state index in [0.29, 0.717) is 6.42 Å². The van der Waals surface area contributed by atoms with E-state index in [0.717, 1.165) is 6.20 Å². The number of pyridine rings is 1. The quantitative estimate of drug-likeness (QED) is 0.823. The molecule has 0 saturated carbocycles. The molecule has 0 aliphatic heterocycles. The maximum absolute atomic E-state index is 12.3. The van der Waals surface area contributed by atoms with Crippen LogP contribution in [0.15, 0.2) is 11.0 Å². The third-order valence-electron chi connectivity index (χ3n) is 2.08. The SMILES string of the molecule is CCc1[nH]cc(C(Cl)C(F)(F)F)c(=O)c1O.Cl. The lowest BCUT2D eigenvalue weighted by Crippen LogP contribution is -2.23. The third kappa shape index (κ3) is 3.29. The van der Waals surface area contributed by atoms with Crippen molar-refractivity contribution in [1.29, 1.82) is 0 Å². The highest BCUT2D eigenvalue weighted by atomic mass is 35.5. The molecular formula is C9H10Cl2F3NO2. The van der Waals surface area contributed by atoms with E-state index in [1.165, 1.54) is 0 Å². The van der Waals surface area contributed by atoms with E-state index in [1.54, 1.807) is 6.92 Å². The number of alkyl halides is 4. The average molecular weight is 292 g/mol. The van der Waals surface area contributed by atoms with E-state index in [4.69, 9.17) is 11.6 Å². The van der Waals surface area contributed by atoms with E-state index in [9.17, 15) is 23.1 Å². The first-order valence-corrected chi connectivity index (χ1v) is 4.86. The molecule has 1 atom stereocenters. The Morgan fingerprint density at radius 2 is 2.06 bits per heavy atom. The fourth-order valence-corrected chi connectivity index (χ4v) is 1.37. The molecule has 1 rings (SSSR count). The zero-order valence-corrected chi connectivity index (χ0v) is 10.2. The summed E-state index contributed by atoms with van der Waals surface area (Å²) in [5.41, 5.74) is -1.61. The van der Waals surface area contributed by atoms with Gasteiger partial charge in [0.05, 0.1) is 5.69 Å². The van der Waals surface area contributed by atoms with Crippen LogP contribution in [-0.4, -0.2) is 16.3 Å². The first-order valence-electron chi connectivity index (χ1n) is 4.43. The zero-order chi connectivity index (χ0) is 12.5. The summed E-state index contributed by atoms with van der Waals surface area (Å²) in [6, 6.07) is 0. The summed E-state index contributed by atoms with van der Waals surface area (Å²) in [5, 5.41) is 6.90. The van der Waals surface area contributed by atoms with Gasteiger partial charge in [-0.25, -0.2) is 0 Å². The maximum atomic E-state index is 12.3. The Hall–Kier alpha value is -0.880. The maximum Gasteiger partial charge on any atom is 0.409 e. The minimum Gasteiger partial charge on any atom is -0.503 e. The van der Waals surface area contributed by atoms with Gasteiger partial charge in [0.2, 0.25) is 5.43 Å². The van der Waals surface area contributed by atoms with Crippen molar-refractivity contribution < 1.29 is 18.3 Å². The Labute approximate surface area is 106 Å². The van der Waals surface area contributed by atoms with Gasteiger partial charge in [-0.1, -0.05) is 6.92 Å². The minimum absolute atomic E-state index is 0. The molecule has 0 saturated heterocycles. The van der Waals surface area contributed by atoms with Crippen LogP contribution < -0.4 is 5.43 Å². The van der Waals surface area contributed by atoms with Gasteiger partial charge in [-0.2, -0.15) is 13.2 Å². The Bertz CT molecular complexity index is 445. The number of aromatic hydroxyl groups is 1. The van der Waals surface area contributed by atoms with Gasteiger partial charge in [0.1, 0.15) is 0 Å². The number of nitrogens with one attached hydrogen (secondary N) is 1. The Balaban J connectivity index is 0.00000256. The molecule has 1 aromatic heterocycles. The minimum atomic E-state index is -4.73. The zero-order valence-electron chi connectivity index (χ0n) is 8.64. The fraction of sp³-hybridized carbons (Fsp3) is 0.444. The van der Waals surface area contributed by atoms with Crippen molar-refractivity contribution in [2.24, 2.45) is 0 Å². The van der Waals surface area contributed by atoms with Crippen molar-refractivity contribution in [2.75, 3.05) is 0 Å². The first kappa shape index (κ1) is 16.1. The van der Waals surface area contributed by atoms with E-state index < -0.39 is 28.3 Å². The van der Waals surface area contributed by atoms with E-state index >= 15 is 0 Å². The van der Waals surface area contributed by atoms with Gasteiger partial charge >= 0.3 is 6.18 Å². The van der Waals surface area contributed by atoms with Gasteiger partial charge in [0.25, 0.3) is 0 Å². The average Bonchev–Trinajstić information content (AvgIpc) is 2.20. The van der Waals surface area contributed by atoms with Crippen molar-refractivity contribution in [1.82, 2.24) is 4.98 Å². The molecule has 0 fully saturated rings. The first-order chi connectivity index (χ1) is 7.29. The van der Waals surface area contributed by atoms with Crippen LogP contribution >= 0.6 is 24.0 Å². The van der Waals surface area contributed by atoms with Crippen LogP contribution in [0.2, 0.25) is 0 Å². The molecule has 1 heterocycles. The molecule has 0 amide bonds. The molecule has 0 aliphatic carbocycles. The van der Waals surface area contributed by atoms with Gasteiger partial charge in [-0.05, 0) is 6.42 Å². The lowest BCUT2D eigenvalue weighted by atomic mass is 10.1. The van der Waals surface area contributed by atoms with Crippen LogP contribution in [-0.2, 0) is 6.42 Å². The number of aryl methyl sites for hydroxylation is 1. The highest BCUT2D eigenvalue weighted by Crippen LogP contribution is 2.36. The van der Waals surface area contributed by atoms with Crippen LogP contribution in [0.3, 0.4) is 0 Å². The van der Waals surface area contributed by atoms with Gasteiger partial charge in [-0.3, -0.25) is 4.79 Å². The largest absolute Gasteiger partial charge is 0.503 e. The number of H-pyrrole nitrogens is 1. The summed E-state index contributed by atoms with van der Waals surface area (Å²) >= 11 is 5.10. The summed E-state index contributed by atoms with van der Waals surface area (Å²) < 4.78 is 36.8. The number of rotatable bonds is 2. The molecule has 0 bridgehead atoms. The van der Waals surface area contributed by atoms with E-state index in [1.807, 2.05) is 0 Å². The summed E-state index contributed by atoms with van der Waals surface area (Å²) in [6.45, 7) is 1.65. The third-order valence-corrected chi connectivity index (χ3v) is 2.56. The van der Waals surface area contributed by atoms with Crippen molar-refractivity contribution in [2.45, 2.75) is 24.9 Å². The molecule has 0 aromatic carbocycles. The second-order valence-electron chi connectivity index (χ2n) is 3.16. The van der Waals surface area contributed by atoms with Crippen LogP contribution in [0.25, 0.3) is 0 Å². The van der Waals surface area contributed by atoms with Crippen molar-refractivity contribution in [3.63, 3.8) is 0 Å². The molecule has 2 N–H and O–H groups in total. The molecule has 3 nitrogen and oxygen atoms in total. The predicted octanol–water partition coefficient (Wildman–Crippen LogP) is 2.91. The molecule has 0 aliphatic rings.